The molecule has 2 aromatic carbocycles. The first kappa shape index (κ1) is 35.9. The second kappa shape index (κ2) is 14.6. The van der Waals surface area contributed by atoms with Crippen molar-refractivity contribution in [2.45, 2.75) is 94.7 Å². The van der Waals surface area contributed by atoms with Crippen molar-refractivity contribution in [3.05, 3.63) is 67.3 Å². The highest BCUT2D eigenvalue weighted by molar-refractivity contribution is 7.91. The lowest BCUT2D eigenvalue weighted by Crippen LogP contribution is -2.62. The third-order valence-electron chi connectivity index (χ3n) is 9.33. The van der Waals surface area contributed by atoms with Crippen molar-refractivity contribution in [3.8, 4) is 11.1 Å². The van der Waals surface area contributed by atoms with Gasteiger partial charge in [-0.05, 0) is 73.6 Å². The molecule has 0 bridgehead atoms. The Labute approximate surface area is 288 Å². The van der Waals surface area contributed by atoms with Gasteiger partial charge >= 0.3 is 6.09 Å². The van der Waals surface area contributed by atoms with E-state index in [2.05, 4.69) is 32.6 Å². The highest BCUT2D eigenvalue weighted by atomic mass is 32.2. The van der Waals surface area contributed by atoms with Crippen LogP contribution in [0.3, 0.4) is 0 Å². The quantitative estimate of drug-likeness (QED) is 0.185. The molecular weight excluding hydrogens is 646 g/mol. The minimum absolute atomic E-state index is 0.0873. The summed E-state index contributed by atoms with van der Waals surface area (Å²) in [6, 6.07) is 15.0. The molecular formula is C36H47N5O7S. The van der Waals surface area contributed by atoms with E-state index in [-0.39, 0.29) is 19.1 Å². The van der Waals surface area contributed by atoms with Crippen LogP contribution in [0.1, 0.15) is 65.7 Å². The van der Waals surface area contributed by atoms with E-state index in [1.54, 1.807) is 20.8 Å². The summed E-state index contributed by atoms with van der Waals surface area (Å²) in [7, 11) is -3.88. The van der Waals surface area contributed by atoms with Crippen LogP contribution in [0.15, 0.2) is 67.3 Å². The Morgan fingerprint density at radius 3 is 2.22 bits per heavy atom. The number of rotatable bonds is 14. The molecule has 49 heavy (non-hydrogen) atoms. The van der Waals surface area contributed by atoms with E-state index in [0.29, 0.717) is 18.5 Å². The van der Waals surface area contributed by atoms with E-state index in [4.69, 9.17) is 4.74 Å². The van der Waals surface area contributed by atoms with Crippen LogP contribution < -0.4 is 26.0 Å². The number of carbonyl (C=O) groups excluding carboxylic acids is 4. The molecule has 4 amide bonds. The summed E-state index contributed by atoms with van der Waals surface area (Å²) < 4.78 is 32.9. The molecule has 13 heteroatoms. The molecule has 5 N–H and O–H groups in total. The SMILES string of the molecule is C=C[C@@H]1C[C@]1(NC(=O)[C@H](CNc1cccc(-c2ccccc2)c1)NC(=O)[C@@H](NC(=O)OC1CCCC1)C(C)(C)C)C(=O)NS(=O)(=O)C1CC1. The molecule has 3 saturated carbocycles. The fourth-order valence-corrected chi connectivity index (χ4v) is 7.50. The van der Waals surface area contributed by atoms with Crippen LogP contribution in [-0.4, -0.2) is 67.8 Å². The van der Waals surface area contributed by atoms with Crippen LogP contribution in [0.5, 0.6) is 0 Å². The molecule has 0 spiro atoms. The molecule has 0 aromatic heterocycles. The molecule has 0 radical (unpaired) electrons. The molecule has 3 aliphatic carbocycles. The maximum Gasteiger partial charge on any atom is 0.408 e. The highest BCUT2D eigenvalue weighted by Gasteiger charge is 2.61. The Hall–Kier alpha value is -4.39. The topological polar surface area (TPSA) is 172 Å². The summed E-state index contributed by atoms with van der Waals surface area (Å²) in [6.07, 6.45) is 5.14. The number of carbonyl (C=O) groups is 4. The Morgan fingerprint density at radius 1 is 0.939 bits per heavy atom. The number of amides is 4. The molecule has 0 aliphatic heterocycles. The van der Waals surface area contributed by atoms with E-state index in [1.807, 2.05) is 54.6 Å². The first-order valence-corrected chi connectivity index (χ1v) is 18.4. The number of hydrogen-bond donors (Lipinski definition) is 5. The molecule has 264 valence electrons. The Balaban J connectivity index is 1.35. The van der Waals surface area contributed by atoms with Gasteiger partial charge in [0.2, 0.25) is 21.8 Å². The number of nitrogens with one attached hydrogen (secondary N) is 5. The number of anilines is 1. The molecule has 0 heterocycles. The largest absolute Gasteiger partial charge is 0.446 e. The molecule has 5 rings (SSSR count). The van der Waals surface area contributed by atoms with E-state index in [0.717, 1.165) is 36.8 Å². The van der Waals surface area contributed by atoms with Gasteiger partial charge in [0.1, 0.15) is 23.7 Å². The predicted octanol–water partition coefficient (Wildman–Crippen LogP) is 4.00. The van der Waals surface area contributed by atoms with Crippen molar-refractivity contribution < 1.29 is 32.3 Å². The van der Waals surface area contributed by atoms with Gasteiger partial charge in [-0.15, -0.1) is 6.58 Å². The fraction of sp³-hybridized carbons (Fsp3) is 0.500. The summed E-state index contributed by atoms with van der Waals surface area (Å²) >= 11 is 0. The van der Waals surface area contributed by atoms with Gasteiger partial charge in [0.05, 0.1) is 5.25 Å². The van der Waals surface area contributed by atoms with Gasteiger partial charge in [-0.2, -0.15) is 0 Å². The zero-order valence-corrected chi connectivity index (χ0v) is 29.1. The Morgan fingerprint density at radius 2 is 1.61 bits per heavy atom. The van der Waals surface area contributed by atoms with Crippen molar-refractivity contribution in [2.75, 3.05) is 11.9 Å². The zero-order chi connectivity index (χ0) is 35.4. The maximum atomic E-state index is 14.0. The normalized spacial score (nSPS) is 21.8. The third kappa shape index (κ3) is 9.00. The van der Waals surface area contributed by atoms with Gasteiger partial charge in [0, 0.05) is 18.2 Å². The van der Waals surface area contributed by atoms with Crippen molar-refractivity contribution >= 4 is 39.5 Å². The number of hydrogen-bond acceptors (Lipinski definition) is 8. The van der Waals surface area contributed by atoms with Crippen LogP contribution >= 0.6 is 0 Å². The van der Waals surface area contributed by atoms with E-state index in [9.17, 15) is 27.6 Å². The molecule has 2 aromatic rings. The third-order valence-corrected chi connectivity index (χ3v) is 11.1. The average molecular weight is 694 g/mol. The smallest absolute Gasteiger partial charge is 0.408 e. The van der Waals surface area contributed by atoms with Gasteiger partial charge in [-0.25, -0.2) is 13.2 Å². The maximum absolute atomic E-state index is 14.0. The minimum Gasteiger partial charge on any atom is -0.446 e. The van der Waals surface area contributed by atoms with E-state index >= 15 is 0 Å². The van der Waals surface area contributed by atoms with Crippen molar-refractivity contribution in [2.24, 2.45) is 11.3 Å². The number of ether oxygens (including phenoxy) is 1. The van der Waals surface area contributed by atoms with Gasteiger partial charge in [0.15, 0.2) is 0 Å². The van der Waals surface area contributed by atoms with Crippen LogP contribution in [0.25, 0.3) is 11.1 Å². The summed E-state index contributed by atoms with van der Waals surface area (Å²) in [6.45, 7) is 9.02. The summed E-state index contributed by atoms with van der Waals surface area (Å²) in [4.78, 5) is 54.1. The summed E-state index contributed by atoms with van der Waals surface area (Å²) in [5.41, 5.74) is 0.310. The molecule has 3 fully saturated rings. The molecule has 0 saturated heterocycles. The summed E-state index contributed by atoms with van der Waals surface area (Å²) in [5.74, 6) is -2.67. The summed E-state index contributed by atoms with van der Waals surface area (Å²) in [5, 5.41) is 10.8. The molecule has 3 aliphatic rings. The lowest BCUT2D eigenvalue weighted by Gasteiger charge is -2.32. The lowest BCUT2D eigenvalue weighted by atomic mass is 9.86. The predicted molar refractivity (Wildman–Crippen MR) is 187 cm³/mol. The van der Waals surface area contributed by atoms with Gasteiger partial charge in [-0.3, -0.25) is 19.1 Å². The van der Waals surface area contributed by atoms with Crippen LogP contribution in [0, 0.1) is 11.3 Å². The fourth-order valence-electron chi connectivity index (χ4n) is 6.13. The molecule has 12 nitrogen and oxygen atoms in total. The van der Waals surface area contributed by atoms with Crippen molar-refractivity contribution in [3.63, 3.8) is 0 Å². The van der Waals surface area contributed by atoms with Crippen LogP contribution in [-0.2, 0) is 29.1 Å². The van der Waals surface area contributed by atoms with Gasteiger partial charge in [-0.1, -0.05) is 69.3 Å². The molecule has 4 atom stereocenters. The average Bonchev–Trinajstić information content (AvgIpc) is 3.98. The number of alkyl carbamates (subject to hydrolysis) is 1. The number of benzene rings is 2. The van der Waals surface area contributed by atoms with E-state index in [1.165, 1.54) is 6.08 Å². The first-order valence-electron chi connectivity index (χ1n) is 16.9. The second-order valence-corrected chi connectivity index (χ2v) is 16.3. The van der Waals surface area contributed by atoms with Crippen molar-refractivity contribution in [1.29, 1.82) is 0 Å². The van der Waals surface area contributed by atoms with Crippen LogP contribution in [0.4, 0.5) is 10.5 Å². The van der Waals surface area contributed by atoms with E-state index < -0.39 is 68.0 Å². The van der Waals surface area contributed by atoms with Crippen molar-refractivity contribution in [1.82, 2.24) is 20.7 Å². The highest BCUT2D eigenvalue weighted by Crippen LogP contribution is 2.45. The minimum atomic E-state index is -3.88. The standard InChI is InChI=1S/C36H47N5O7S/c1-5-25-21-36(25,33(44)41-49(46,47)28-18-19-28)40-31(42)29(22-37-26-15-11-14-24(20-26)23-12-7-6-8-13-23)38-32(43)30(35(2,3)4)39-34(45)48-27-16-9-10-17-27/h5-8,11-15,20,25,27-30,37H,1,9-10,16-19,21-22H2,2-4H3,(H,38,43)(H,39,45)(H,40,42)(H,41,44)/t25-,29+,30-,36-/m1/s1. The number of sulfonamides is 1. The lowest BCUT2D eigenvalue weighted by molar-refractivity contribution is -0.133. The second-order valence-electron chi connectivity index (χ2n) is 14.3. The molecule has 0 unspecified atom stereocenters. The first-order chi connectivity index (χ1) is 23.2. The van der Waals surface area contributed by atoms with Gasteiger partial charge in [0.25, 0.3) is 5.91 Å². The van der Waals surface area contributed by atoms with Crippen LogP contribution in [0.2, 0.25) is 0 Å². The zero-order valence-electron chi connectivity index (χ0n) is 28.3. The van der Waals surface area contributed by atoms with Gasteiger partial charge < -0.3 is 26.0 Å². The Bertz CT molecular complexity index is 1670. The Kier molecular flexibility index (Phi) is 10.7. The monoisotopic (exact) mass is 693 g/mol.